The molecular weight excluding hydrogens is 358 g/mol. The summed E-state index contributed by atoms with van der Waals surface area (Å²) in [6.45, 7) is 3.84. The number of piperazine rings is 1. The molecule has 1 atom stereocenters. The average Bonchev–Trinajstić information content (AvgIpc) is 3.36. The summed E-state index contributed by atoms with van der Waals surface area (Å²) in [5.74, 6) is 0.492. The number of thiophene rings is 1. The van der Waals surface area contributed by atoms with Gasteiger partial charge in [0.2, 0.25) is 5.91 Å². The van der Waals surface area contributed by atoms with E-state index in [1.165, 1.54) is 36.1 Å². The Morgan fingerprint density at radius 2 is 1.78 bits per heavy atom. The van der Waals surface area contributed by atoms with Crippen molar-refractivity contribution in [1.29, 1.82) is 0 Å². The first kappa shape index (κ1) is 18.9. The number of amides is 2. The fraction of sp³-hybridized carbons (Fsp3) is 0.714. The van der Waals surface area contributed by atoms with E-state index in [4.69, 9.17) is 0 Å². The highest BCUT2D eigenvalue weighted by molar-refractivity contribution is 7.14. The van der Waals surface area contributed by atoms with Crippen LogP contribution in [0.15, 0.2) is 6.07 Å². The van der Waals surface area contributed by atoms with Crippen molar-refractivity contribution in [3.05, 3.63) is 21.4 Å². The maximum absolute atomic E-state index is 13.1. The lowest BCUT2D eigenvalue weighted by Crippen LogP contribution is -2.53. The highest BCUT2D eigenvalue weighted by Gasteiger charge is 2.33. The molecule has 2 fully saturated rings. The molecule has 5 nitrogen and oxygen atoms in total. The minimum absolute atomic E-state index is 0.0697. The highest BCUT2D eigenvalue weighted by atomic mass is 32.1. The fourth-order valence-corrected chi connectivity index (χ4v) is 6.13. The van der Waals surface area contributed by atoms with E-state index >= 15 is 0 Å². The van der Waals surface area contributed by atoms with Crippen LogP contribution in [0.5, 0.6) is 0 Å². The van der Waals surface area contributed by atoms with Gasteiger partial charge in [-0.3, -0.25) is 14.5 Å². The normalized spacial score (nSPS) is 24.1. The Morgan fingerprint density at radius 3 is 2.44 bits per heavy atom. The largest absolute Gasteiger partial charge is 0.344 e. The van der Waals surface area contributed by atoms with E-state index in [0.717, 1.165) is 56.4 Å². The number of hydrogen-bond acceptors (Lipinski definition) is 4. The number of fused-ring (bicyclic) bond motifs is 1. The minimum atomic E-state index is 0.0697. The van der Waals surface area contributed by atoms with E-state index in [-0.39, 0.29) is 11.8 Å². The smallest absolute Gasteiger partial charge is 0.263 e. The van der Waals surface area contributed by atoms with Crippen LogP contribution in [0.4, 0.5) is 0 Å². The summed E-state index contributed by atoms with van der Waals surface area (Å²) in [5.41, 5.74) is 1.22. The SMILES string of the molecule is CN(C)C(=O)c1cc2c(s1)CCC(C(=O)N1CCN(C3CCCC3)CC1)C2. The van der Waals surface area contributed by atoms with Crippen LogP contribution < -0.4 is 0 Å². The lowest BCUT2D eigenvalue weighted by atomic mass is 9.87. The molecule has 0 radical (unpaired) electrons. The summed E-state index contributed by atoms with van der Waals surface area (Å²) >= 11 is 1.61. The van der Waals surface area contributed by atoms with Crippen LogP contribution in [0.25, 0.3) is 0 Å². The highest BCUT2D eigenvalue weighted by Crippen LogP contribution is 2.34. The van der Waals surface area contributed by atoms with Crippen LogP contribution in [0.3, 0.4) is 0 Å². The van der Waals surface area contributed by atoms with Crippen molar-refractivity contribution in [3.63, 3.8) is 0 Å². The predicted molar refractivity (Wildman–Crippen MR) is 108 cm³/mol. The van der Waals surface area contributed by atoms with Gasteiger partial charge < -0.3 is 9.80 Å². The molecule has 1 saturated carbocycles. The third-order valence-electron chi connectivity index (χ3n) is 6.52. The quantitative estimate of drug-likeness (QED) is 0.798. The van der Waals surface area contributed by atoms with Crippen molar-refractivity contribution in [1.82, 2.24) is 14.7 Å². The van der Waals surface area contributed by atoms with Gasteiger partial charge in [0.15, 0.2) is 0 Å². The summed E-state index contributed by atoms with van der Waals surface area (Å²) < 4.78 is 0. The molecule has 1 unspecified atom stereocenters. The number of nitrogens with zero attached hydrogens (tertiary/aromatic N) is 3. The third kappa shape index (κ3) is 3.92. The number of hydrogen-bond donors (Lipinski definition) is 0. The molecule has 1 aromatic rings. The van der Waals surface area contributed by atoms with Gasteiger partial charge in [-0.05, 0) is 43.7 Å². The molecule has 1 aromatic heterocycles. The Kier molecular flexibility index (Phi) is 5.55. The Balaban J connectivity index is 1.35. The molecule has 1 saturated heterocycles. The maximum atomic E-state index is 13.1. The van der Waals surface area contributed by atoms with E-state index in [9.17, 15) is 9.59 Å². The molecule has 1 aliphatic heterocycles. The first-order valence-corrected chi connectivity index (χ1v) is 11.2. The van der Waals surface area contributed by atoms with Gasteiger partial charge in [-0.15, -0.1) is 11.3 Å². The number of aryl methyl sites for hydroxylation is 1. The van der Waals surface area contributed by atoms with Crippen molar-refractivity contribution in [2.75, 3.05) is 40.3 Å². The van der Waals surface area contributed by atoms with Crippen LogP contribution >= 0.6 is 11.3 Å². The molecule has 0 N–H and O–H groups in total. The summed E-state index contributed by atoms with van der Waals surface area (Å²) in [6.07, 6.45) is 8.06. The zero-order valence-corrected chi connectivity index (χ0v) is 17.4. The van der Waals surface area contributed by atoms with Crippen molar-refractivity contribution >= 4 is 23.2 Å². The van der Waals surface area contributed by atoms with E-state index in [2.05, 4.69) is 9.80 Å². The molecular formula is C21H31N3O2S. The van der Waals surface area contributed by atoms with Gasteiger partial charge in [0, 0.05) is 57.1 Å². The predicted octanol–water partition coefficient (Wildman–Crippen LogP) is 2.64. The van der Waals surface area contributed by atoms with Crippen LogP contribution in [-0.2, 0) is 17.6 Å². The Bertz CT molecular complexity index is 700. The van der Waals surface area contributed by atoms with Crippen molar-refractivity contribution < 1.29 is 9.59 Å². The van der Waals surface area contributed by atoms with Crippen LogP contribution in [0, 0.1) is 5.92 Å². The maximum Gasteiger partial charge on any atom is 0.263 e. The zero-order valence-electron chi connectivity index (χ0n) is 16.6. The second-order valence-corrected chi connectivity index (χ2v) is 9.63. The van der Waals surface area contributed by atoms with E-state index in [0.29, 0.717) is 5.91 Å². The summed E-state index contributed by atoms with van der Waals surface area (Å²) in [4.78, 5) is 33.7. The summed E-state index contributed by atoms with van der Waals surface area (Å²) in [7, 11) is 3.58. The molecule has 2 heterocycles. The number of carbonyl (C=O) groups excluding carboxylic acids is 2. The first-order valence-electron chi connectivity index (χ1n) is 10.4. The molecule has 0 bridgehead atoms. The van der Waals surface area contributed by atoms with Gasteiger partial charge in [0.1, 0.15) is 0 Å². The average molecular weight is 390 g/mol. The van der Waals surface area contributed by atoms with Crippen LogP contribution in [0.1, 0.15) is 52.2 Å². The molecule has 0 spiro atoms. The van der Waals surface area contributed by atoms with Gasteiger partial charge in [0.05, 0.1) is 4.88 Å². The van der Waals surface area contributed by atoms with Gasteiger partial charge in [0.25, 0.3) is 5.91 Å². The molecule has 3 aliphatic rings. The van der Waals surface area contributed by atoms with Crippen molar-refractivity contribution in [2.24, 2.45) is 5.92 Å². The Hall–Kier alpha value is -1.40. The van der Waals surface area contributed by atoms with Crippen LogP contribution in [-0.4, -0.2) is 72.8 Å². The molecule has 27 heavy (non-hydrogen) atoms. The van der Waals surface area contributed by atoms with Gasteiger partial charge in [-0.1, -0.05) is 12.8 Å². The lowest BCUT2D eigenvalue weighted by Gasteiger charge is -2.39. The monoisotopic (exact) mass is 389 g/mol. The molecule has 0 aromatic carbocycles. The van der Waals surface area contributed by atoms with E-state index in [1.807, 2.05) is 6.07 Å². The van der Waals surface area contributed by atoms with Crippen molar-refractivity contribution in [3.8, 4) is 0 Å². The Labute approximate surface area is 166 Å². The molecule has 2 amide bonds. The molecule has 4 rings (SSSR count). The molecule has 2 aliphatic carbocycles. The van der Waals surface area contributed by atoms with Crippen molar-refractivity contribution in [2.45, 2.75) is 51.0 Å². The first-order chi connectivity index (χ1) is 13.0. The number of carbonyl (C=O) groups is 2. The zero-order chi connectivity index (χ0) is 19.0. The number of rotatable bonds is 3. The molecule has 148 valence electrons. The Morgan fingerprint density at radius 1 is 1.07 bits per heavy atom. The van der Waals surface area contributed by atoms with Gasteiger partial charge in [-0.25, -0.2) is 0 Å². The van der Waals surface area contributed by atoms with E-state index in [1.54, 1.807) is 30.3 Å². The van der Waals surface area contributed by atoms with E-state index < -0.39 is 0 Å². The summed E-state index contributed by atoms with van der Waals surface area (Å²) in [6, 6.07) is 2.79. The van der Waals surface area contributed by atoms with Crippen LogP contribution in [0.2, 0.25) is 0 Å². The summed E-state index contributed by atoms with van der Waals surface area (Å²) in [5, 5.41) is 0. The minimum Gasteiger partial charge on any atom is -0.344 e. The standard InChI is InChI=1S/C21H31N3O2S/c1-22(2)21(26)19-14-16-13-15(7-8-18(16)27-19)20(25)24-11-9-23(10-12-24)17-5-3-4-6-17/h14-15,17H,3-13H2,1-2H3. The topological polar surface area (TPSA) is 43.9 Å². The molecule has 6 heteroatoms. The second kappa shape index (κ2) is 7.92. The van der Waals surface area contributed by atoms with Gasteiger partial charge >= 0.3 is 0 Å². The second-order valence-electron chi connectivity index (χ2n) is 8.50. The third-order valence-corrected chi connectivity index (χ3v) is 7.74. The lowest BCUT2D eigenvalue weighted by molar-refractivity contribution is -0.138. The van der Waals surface area contributed by atoms with Gasteiger partial charge in [-0.2, -0.15) is 0 Å². The fourth-order valence-electron chi connectivity index (χ4n) is 4.90.